The van der Waals surface area contributed by atoms with E-state index in [1.807, 2.05) is 73.7 Å². The minimum atomic E-state index is -0.603. The van der Waals surface area contributed by atoms with Crippen LogP contribution in [-0.2, 0) is 32.2 Å². The molecule has 0 spiro atoms. The maximum atomic E-state index is 12.2. The number of aryl methyl sites for hydroxylation is 1. The Morgan fingerprint density at radius 1 is 0.957 bits per heavy atom. The summed E-state index contributed by atoms with van der Waals surface area (Å²) in [5.74, 6) is 0.269. The number of ether oxygens (including phenoxy) is 3. The molecule has 10 nitrogen and oxygen atoms in total. The third kappa shape index (κ3) is 8.92. The molecule has 3 N–H and O–H groups in total. The van der Waals surface area contributed by atoms with Crippen molar-refractivity contribution in [1.82, 2.24) is 20.8 Å². The first-order valence-corrected chi connectivity index (χ1v) is 16.9. The summed E-state index contributed by atoms with van der Waals surface area (Å²) in [6.07, 6.45) is -0.946. The molecular formula is C34H38N4O6S2. The van der Waals surface area contributed by atoms with E-state index in [-0.39, 0.29) is 37.9 Å². The summed E-state index contributed by atoms with van der Waals surface area (Å²) >= 11 is 3.21. The number of hydrogen-bond acceptors (Lipinski definition) is 10. The summed E-state index contributed by atoms with van der Waals surface area (Å²) in [5, 5.41) is 24.2. The minimum absolute atomic E-state index is 0.0135. The number of thioether (sulfide) groups is 1. The van der Waals surface area contributed by atoms with Crippen LogP contribution in [-0.4, -0.2) is 52.3 Å². The van der Waals surface area contributed by atoms with Crippen molar-refractivity contribution in [2.75, 3.05) is 18.9 Å². The molecule has 3 aromatic carbocycles. The van der Waals surface area contributed by atoms with Crippen molar-refractivity contribution in [3.05, 3.63) is 100 Å². The Kier molecular flexibility index (Phi) is 11.8. The smallest absolute Gasteiger partial charge is 0.325 e. The summed E-state index contributed by atoms with van der Waals surface area (Å²) in [4.78, 5) is 23.7. The molecule has 0 saturated carbocycles. The average Bonchev–Trinajstić information content (AvgIpc) is 3.51. The second-order valence-electron chi connectivity index (χ2n) is 10.9. The number of amides is 2. The second kappa shape index (κ2) is 16.1. The molecule has 1 fully saturated rings. The average molecular weight is 663 g/mol. The predicted octanol–water partition coefficient (Wildman–Crippen LogP) is 5.95. The quantitative estimate of drug-likeness (QED) is 0.124. The summed E-state index contributed by atoms with van der Waals surface area (Å²) in [6.45, 7) is 6.16. The van der Waals surface area contributed by atoms with Gasteiger partial charge in [0, 0.05) is 23.8 Å². The third-order valence-corrected chi connectivity index (χ3v) is 9.63. The van der Waals surface area contributed by atoms with Gasteiger partial charge < -0.3 is 30.0 Å². The summed E-state index contributed by atoms with van der Waals surface area (Å²) < 4.78 is 19.0. The number of rotatable bonds is 12. The van der Waals surface area contributed by atoms with Gasteiger partial charge in [0.15, 0.2) is 10.6 Å². The van der Waals surface area contributed by atoms with E-state index in [2.05, 4.69) is 33.8 Å². The molecule has 46 heavy (non-hydrogen) atoms. The predicted molar refractivity (Wildman–Crippen MR) is 177 cm³/mol. The first-order valence-electron chi connectivity index (χ1n) is 15.1. The van der Waals surface area contributed by atoms with Crippen LogP contribution in [0.3, 0.4) is 0 Å². The Balaban J connectivity index is 1.32. The molecule has 0 unspecified atom stereocenters. The number of nitrogens with one attached hydrogen (secondary N) is 2. The number of hydrogen-bond donors (Lipinski definition) is 3. The van der Waals surface area contributed by atoms with Gasteiger partial charge in [-0.3, -0.25) is 4.79 Å². The van der Waals surface area contributed by atoms with Crippen molar-refractivity contribution >= 4 is 35.1 Å². The molecular weight excluding hydrogens is 625 g/mol. The van der Waals surface area contributed by atoms with Crippen LogP contribution in [0.1, 0.15) is 53.5 Å². The van der Waals surface area contributed by atoms with Gasteiger partial charge in [-0.1, -0.05) is 90.7 Å². The van der Waals surface area contributed by atoms with Gasteiger partial charge in [0.25, 0.3) is 0 Å². The van der Waals surface area contributed by atoms with Crippen LogP contribution in [0.5, 0.6) is 0 Å². The summed E-state index contributed by atoms with van der Waals surface area (Å²) in [7, 11) is 0. The van der Waals surface area contributed by atoms with Gasteiger partial charge >= 0.3 is 12.0 Å². The van der Waals surface area contributed by atoms with Crippen molar-refractivity contribution in [3.8, 4) is 11.1 Å². The van der Waals surface area contributed by atoms with Gasteiger partial charge in [0.05, 0.1) is 25.4 Å². The lowest BCUT2D eigenvalue weighted by Gasteiger charge is -2.41. The molecule has 1 aliphatic heterocycles. The van der Waals surface area contributed by atoms with E-state index in [4.69, 9.17) is 14.2 Å². The van der Waals surface area contributed by atoms with Crippen LogP contribution in [0.4, 0.5) is 4.79 Å². The Morgan fingerprint density at radius 3 is 2.43 bits per heavy atom. The SMILES string of the molecule is CCOC(=O)CNC(=O)NCc1cccc(-c2cccc([C@@H]3O[C@H](CSc4nnc(C)s4)[C@H](C)[C@H](c4ccc(CO)cc4)O3)c2)c1. The number of carbonyl (C=O) groups excluding carboxylic acids is 2. The number of esters is 1. The van der Waals surface area contributed by atoms with Crippen molar-refractivity contribution in [3.63, 3.8) is 0 Å². The van der Waals surface area contributed by atoms with E-state index in [1.54, 1.807) is 30.0 Å². The first kappa shape index (κ1) is 33.6. The standard InChI is InChI=1S/C34H38N4O6S2/c1-4-42-30(40)18-36-33(41)35-17-24-7-5-8-26(15-24)27-9-6-10-28(16-27)32-43-29(20-45-34-38-37-22(3)46-34)21(2)31(44-32)25-13-11-23(19-39)12-14-25/h5-16,21,29,31-32,39H,4,17-20H2,1-3H3,(H2,35,36,41)/t21-,29+,31+,32+/m0/s1. The highest BCUT2D eigenvalue weighted by Crippen LogP contribution is 2.43. The van der Waals surface area contributed by atoms with Gasteiger partial charge in [0.1, 0.15) is 11.6 Å². The van der Waals surface area contributed by atoms with Crippen LogP contribution < -0.4 is 10.6 Å². The lowest BCUT2D eigenvalue weighted by Crippen LogP contribution is -2.38. The highest BCUT2D eigenvalue weighted by atomic mass is 32.2. The van der Waals surface area contributed by atoms with Crippen molar-refractivity contribution in [1.29, 1.82) is 0 Å². The molecule has 2 heterocycles. The maximum absolute atomic E-state index is 12.2. The largest absolute Gasteiger partial charge is 0.465 e. The molecule has 0 aliphatic carbocycles. The number of aliphatic hydroxyl groups excluding tert-OH is 1. The molecule has 1 aromatic heterocycles. The zero-order valence-corrected chi connectivity index (χ0v) is 27.6. The van der Waals surface area contributed by atoms with Crippen LogP contribution in [0.15, 0.2) is 77.1 Å². The fraction of sp³-hybridized carbons (Fsp3) is 0.353. The number of urea groups is 1. The molecule has 12 heteroatoms. The fourth-order valence-electron chi connectivity index (χ4n) is 5.14. The number of aromatic nitrogens is 2. The Hall–Kier alpha value is -3.81. The van der Waals surface area contributed by atoms with Gasteiger partial charge in [-0.15, -0.1) is 10.2 Å². The lowest BCUT2D eigenvalue weighted by molar-refractivity contribution is -0.268. The van der Waals surface area contributed by atoms with Crippen LogP contribution in [0.25, 0.3) is 11.1 Å². The number of nitrogens with zero attached hydrogens (tertiary/aromatic N) is 2. The molecule has 242 valence electrons. The molecule has 0 bridgehead atoms. The lowest BCUT2D eigenvalue weighted by atomic mass is 9.91. The normalized spacial score (nSPS) is 19.4. The van der Waals surface area contributed by atoms with E-state index in [0.29, 0.717) is 12.3 Å². The topological polar surface area (TPSA) is 132 Å². The maximum Gasteiger partial charge on any atom is 0.325 e. The molecule has 2 amide bonds. The second-order valence-corrected chi connectivity index (χ2v) is 13.3. The highest BCUT2D eigenvalue weighted by molar-refractivity contribution is 8.01. The monoisotopic (exact) mass is 662 g/mol. The van der Waals surface area contributed by atoms with Gasteiger partial charge in [-0.05, 0) is 53.8 Å². The van der Waals surface area contributed by atoms with E-state index in [0.717, 1.165) is 42.7 Å². The highest BCUT2D eigenvalue weighted by Gasteiger charge is 2.38. The van der Waals surface area contributed by atoms with Crippen molar-refractivity contribution in [2.24, 2.45) is 5.92 Å². The Labute approximate surface area is 276 Å². The van der Waals surface area contributed by atoms with Crippen molar-refractivity contribution < 1.29 is 28.9 Å². The Bertz CT molecular complexity index is 1620. The Morgan fingerprint density at radius 2 is 1.72 bits per heavy atom. The molecule has 5 rings (SSSR count). The fourth-order valence-corrected chi connectivity index (χ4v) is 7.14. The number of benzene rings is 3. The zero-order valence-electron chi connectivity index (χ0n) is 26.0. The zero-order chi connectivity index (χ0) is 32.5. The van der Waals surface area contributed by atoms with Gasteiger partial charge in [-0.25, -0.2) is 4.79 Å². The summed E-state index contributed by atoms with van der Waals surface area (Å²) in [5.41, 5.74) is 5.64. The molecule has 4 atom stereocenters. The van der Waals surface area contributed by atoms with Crippen LogP contribution >= 0.6 is 23.1 Å². The molecule has 4 aromatic rings. The molecule has 1 aliphatic rings. The van der Waals surface area contributed by atoms with E-state index in [1.165, 1.54) is 0 Å². The van der Waals surface area contributed by atoms with Crippen LogP contribution in [0, 0.1) is 12.8 Å². The van der Waals surface area contributed by atoms with E-state index < -0.39 is 18.3 Å². The van der Waals surface area contributed by atoms with Gasteiger partial charge in [0.2, 0.25) is 0 Å². The minimum Gasteiger partial charge on any atom is -0.465 e. The van der Waals surface area contributed by atoms with E-state index in [9.17, 15) is 14.7 Å². The molecule has 1 saturated heterocycles. The van der Waals surface area contributed by atoms with Crippen molar-refractivity contribution in [2.45, 2.75) is 56.8 Å². The summed E-state index contributed by atoms with van der Waals surface area (Å²) in [6, 6.07) is 23.4. The van der Waals surface area contributed by atoms with Gasteiger partial charge in [-0.2, -0.15) is 0 Å². The number of aliphatic hydroxyl groups is 1. The van der Waals surface area contributed by atoms with E-state index >= 15 is 0 Å². The van der Waals surface area contributed by atoms with Crippen LogP contribution in [0.2, 0.25) is 0 Å². The first-order chi connectivity index (χ1) is 22.3. The third-order valence-electron chi connectivity index (χ3n) is 7.57. The molecule has 0 radical (unpaired) electrons. The number of carbonyl (C=O) groups is 2.